The van der Waals surface area contributed by atoms with Crippen LogP contribution in [-0.4, -0.2) is 27.6 Å². The highest BCUT2D eigenvalue weighted by atomic mass is 16.2. The fourth-order valence-electron chi connectivity index (χ4n) is 6.69. The molecule has 32 heavy (non-hydrogen) atoms. The van der Waals surface area contributed by atoms with E-state index in [1.807, 2.05) is 50.4 Å². The van der Waals surface area contributed by atoms with Crippen molar-refractivity contribution in [2.45, 2.75) is 65.0 Å². The molecule has 4 bridgehead atoms. The van der Waals surface area contributed by atoms with Gasteiger partial charge in [-0.15, -0.1) is 0 Å². The molecule has 170 valence electrons. The van der Waals surface area contributed by atoms with Crippen LogP contribution in [0.3, 0.4) is 0 Å². The minimum atomic E-state index is -0.514. The lowest BCUT2D eigenvalue weighted by molar-refractivity contribution is -0.149. The second kappa shape index (κ2) is 8.38. The minimum absolute atomic E-state index is 0.0277. The number of amides is 2. The second-order valence-electron chi connectivity index (χ2n) is 10.7. The predicted octanol–water partition coefficient (Wildman–Crippen LogP) is 3.85. The molecule has 2 N–H and O–H groups in total. The number of hydrogen-bond donors (Lipinski definition) is 2. The summed E-state index contributed by atoms with van der Waals surface area (Å²) >= 11 is 0. The minimum Gasteiger partial charge on any atom is -0.350 e. The lowest BCUT2D eigenvalue weighted by Crippen LogP contribution is -2.58. The molecule has 6 heteroatoms. The molecule has 4 saturated carbocycles. The Hall–Kier alpha value is -2.63. The van der Waals surface area contributed by atoms with Gasteiger partial charge in [0.25, 0.3) is 0 Å². The Morgan fingerprint density at radius 2 is 1.69 bits per heavy atom. The number of aromatic nitrogens is 2. The van der Waals surface area contributed by atoms with E-state index in [0.717, 1.165) is 30.5 Å². The van der Waals surface area contributed by atoms with Crippen LogP contribution in [0.25, 0.3) is 5.69 Å². The Kier molecular flexibility index (Phi) is 5.56. The van der Waals surface area contributed by atoms with Crippen molar-refractivity contribution in [3.63, 3.8) is 0 Å². The molecule has 2 amide bonds. The zero-order valence-corrected chi connectivity index (χ0v) is 19.1. The van der Waals surface area contributed by atoms with Gasteiger partial charge in [0.15, 0.2) is 0 Å². The SMILES string of the molecule is CC(C)C(NC(=O)C12CC3CC(CC(C3)C1)C2)C(=O)NCc1cnn(-c2ccccc2)c1. The average molecular weight is 435 g/mol. The van der Waals surface area contributed by atoms with Crippen molar-refractivity contribution in [2.24, 2.45) is 29.1 Å². The van der Waals surface area contributed by atoms with Crippen molar-refractivity contribution < 1.29 is 9.59 Å². The number of benzene rings is 1. The number of nitrogens with one attached hydrogen (secondary N) is 2. The van der Waals surface area contributed by atoms with Gasteiger partial charge in [-0.05, 0) is 74.3 Å². The number of para-hydroxylation sites is 1. The van der Waals surface area contributed by atoms with Crippen molar-refractivity contribution in [1.82, 2.24) is 20.4 Å². The van der Waals surface area contributed by atoms with Crippen LogP contribution in [0.4, 0.5) is 0 Å². The normalized spacial score (nSPS) is 29.2. The molecule has 1 aromatic carbocycles. The van der Waals surface area contributed by atoms with E-state index in [1.54, 1.807) is 10.9 Å². The molecule has 4 aliphatic carbocycles. The Bertz CT molecular complexity index is 945. The molecular formula is C26H34N4O2. The third-order valence-electron chi connectivity index (χ3n) is 7.88. The molecule has 1 atom stereocenters. The molecule has 2 aromatic rings. The topological polar surface area (TPSA) is 76.0 Å². The molecule has 1 heterocycles. The first-order chi connectivity index (χ1) is 15.4. The van der Waals surface area contributed by atoms with Gasteiger partial charge in [-0.1, -0.05) is 32.0 Å². The molecule has 4 aliphatic rings. The van der Waals surface area contributed by atoms with Crippen LogP contribution in [-0.2, 0) is 16.1 Å². The van der Waals surface area contributed by atoms with E-state index in [1.165, 1.54) is 19.3 Å². The van der Waals surface area contributed by atoms with Crippen molar-refractivity contribution in [2.75, 3.05) is 0 Å². The van der Waals surface area contributed by atoms with Gasteiger partial charge >= 0.3 is 0 Å². The molecule has 1 unspecified atom stereocenters. The van der Waals surface area contributed by atoms with E-state index in [-0.39, 0.29) is 23.1 Å². The van der Waals surface area contributed by atoms with E-state index in [0.29, 0.717) is 24.3 Å². The van der Waals surface area contributed by atoms with Gasteiger partial charge in [-0.25, -0.2) is 4.68 Å². The van der Waals surface area contributed by atoms with Gasteiger partial charge < -0.3 is 10.6 Å². The van der Waals surface area contributed by atoms with Crippen LogP contribution in [0.5, 0.6) is 0 Å². The van der Waals surface area contributed by atoms with Gasteiger partial charge in [0.2, 0.25) is 11.8 Å². The van der Waals surface area contributed by atoms with Gasteiger partial charge in [0, 0.05) is 23.7 Å². The Balaban J connectivity index is 1.21. The monoisotopic (exact) mass is 434 g/mol. The maximum atomic E-state index is 13.4. The summed E-state index contributed by atoms with van der Waals surface area (Å²) in [5.41, 5.74) is 1.67. The van der Waals surface area contributed by atoms with Crippen molar-refractivity contribution in [3.05, 3.63) is 48.3 Å². The number of carbonyl (C=O) groups excluding carboxylic acids is 2. The van der Waals surface area contributed by atoms with Crippen LogP contribution < -0.4 is 10.6 Å². The molecule has 0 saturated heterocycles. The smallest absolute Gasteiger partial charge is 0.243 e. The maximum Gasteiger partial charge on any atom is 0.243 e. The van der Waals surface area contributed by atoms with Crippen LogP contribution in [0, 0.1) is 29.1 Å². The van der Waals surface area contributed by atoms with Crippen LogP contribution in [0.2, 0.25) is 0 Å². The second-order valence-corrected chi connectivity index (χ2v) is 10.7. The summed E-state index contributed by atoms with van der Waals surface area (Å²) in [7, 11) is 0. The molecule has 0 aliphatic heterocycles. The number of nitrogens with zero attached hydrogens (tertiary/aromatic N) is 2. The van der Waals surface area contributed by atoms with Crippen molar-refractivity contribution >= 4 is 11.8 Å². The van der Waals surface area contributed by atoms with Gasteiger partial charge in [0.1, 0.15) is 6.04 Å². The van der Waals surface area contributed by atoms with Crippen LogP contribution in [0.1, 0.15) is 57.9 Å². The first kappa shape index (κ1) is 21.2. The summed E-state index contributed by atoms with van der Waals surface area (Å²) in [6.07, 6.45) is 10.6. The summed E-state index contributed by atoms with van der Waals surface area (Å²) in [5, 5.41) is 10.6. The highest BCUT2D eigenvalue weighted by Crippen LogP contribution is 2.60. The third kappa shape index (κ3) is 4.07. The molecule has 1 aromatic heterocycles. The van der Waals surface area contributed by atoms with Gasteiger partial charge in [-0.2, -0.15) is 5.10 Å². The largest absolute Gasteiger partial charge is 0.350 e. The van der Waals surface area contributed by atoms with E-state index < -0.39 is 6.04 Å². The number of carbonyl (C=O) groups is 2. The zero-order chi connectivity index (χ0) is 22.3. The van der Waals surface area contributed by atoms with Crippen molar-refractivity contribution in [3.8, 4) is 5.69 Å². The first-order valence-corrected chi connectivity index (χ1v) is 12.1. The molecule has 4 fully saturated rings. The molecule has 0 spiro atoms. The Labute approximate surface area is 190 Å². The van der Waals surface area contributed by atoms with Crippen molar-refractivity contribution in [1.29, 1.82) is 0 Å². The third-order valence-corrected chi connectivity index (χ3v) is 7.88. The lowest BCUT2D eigenvalue weighted by atomic mass is 9.49. The average Bonchev–Trinajstić information content (AvgIpc) is 3.24. The summed E-state index contributed by atoms with van der Waals surface area (Å²) in [6.45, 7) is 4.39. The Morgan fingerprint density at radius 1 is 1.06 bits per heavy atom. The summed E-state index contributed by atoms with van der Waals surface area (Å²) in [6, 6.07) is 9.38. The standard InChI is InChI=1S/C26H34N4O2/c1-17(2)23(29-25(32)26-11-18-8-19(12-26)10-20(9-18)13-26)24(31)27-14-21-15-28-30(16-21)22-6-4-3-5-7-22/h3-7,15-20,23H,8-14H2,1-2H3,(H,27,31)(H,29,32). The first-order valence-electron chi connectivity index (χ1n) is 12.1. The molecular weight excluding hydrogens is 400 g/mol. The summed E-state index contributed by atoms with van der Waals surface area (Å²) in [5.74, 6) is 2.14. The summed E-state index contributed by atoms with van der Waals surface area (Å²) < 4.78 is 1.80. The fourth-order valence-corrected chi connectivity index (χ4v) is 6.69. The maximum absolute atomic E-state index is 13.4. The number of hydrogen-bond acceptors (Lipinski definition) is 3. The predicted molar refractivity (Wildman–Crippen MR) is 123 cm³/mol. The van der Waals surface area contributed by atoms with E-state index in [4.69, 9.17) is 0 Å². The zero-order valence-electron chi connectivity index (χ0n) is 19.1. The molecule has 6 rings (SSSR count). The van der Waals surface area contributed by atoms with Crippen LogP contribution >= 0.6 is 0 Å². The molecule has 0 radical (unpaired) electrons. The number of rotatable bonds is 7. The van der Waals surface area contributed by atoms with E-state index >= 15 is 0 Å². The Morgan fingerprint density at radius 3 is 2.28 bits per heavy atom. The summed E-state index contributed by atoms with van der Waals surface area (Å²) in [4.78, 5) is 26.5. The van der Waals surface area contributed by atoms with Gasteiger partial charge in [-0.3, -0.25) is 9.59 Å². The highest BCUT2D eigenvalue weighted by molar-refractivity contribution is 5.90. The van der Waals surface area contributed by atoms with Gasteiger partial charge in [0.05, 0.1) is 11.9 Å². The van der Waals surface area contributed by atoms with E-state index in [9.17, 15) is 9.59 Å². The quantitative estimate of drug-likeness (QED) is 0.695. The fraction of sp³-hybridized carbons (Fsp3) is 0.577. The van der Waals surface area contributed by atoms with Crippen LogP contribution in [0.15, 0.2) is 42.7 Å². The lowest BCUT2D eigenvalue weighted by Gasteiger charge is -2.55. The highest BCUT2D eigenvalue weighted by Gasteiger charge is 2.55. The van der Waals surface area contributed by atoms with E-state index in [2.05, 4.69) is 15.7 Å². The molecule has 6 nitrogen and oxygen atoms in total.